The highest BCUT2D eigenvalue weighted by Gasteiger charge is 2.20. The van der Waals surface area contributed by atoms with Gasteiger partial charge in [0.15, 0.2) is 0 Å². The first-order chi connectivity index (χ1) is 5.84. The number of nitrogens with zero attached hydrogens (tertiary/aromatic N) is 1. The molecule has 1 heteroatoms. The van der Waals surface area contributed by atoms with Crippen molar-refractivity contribution in [1.29, 1.82) is 0 Å². The molecule has 0 heterocycles. The molecule has 0 aromatic heterocycles. The topological polar surface area (TPSA) is 3.24 Å². The van der Waals surface area contributed by atoms with Crippen LogP contribution >= 0.6 is 0 Å². The van der Waals surface area contributed by atoms with Crippen molar-refractivity contribution in [2.24, 2.45) is 5.41 Å². The Morgan fingerprint density at radius 1 is 1.31 bits per heavy atom. The van der Waals surface area contributed by atoms with Crippen LogP contribution in [0.25, 0.3) is 0 Å². The molecule has 74 valence electrons. The second-order valence-electron chi connectivity index (χ2n) is 4.18. The molecule has 1 nitrogen and oxygen atoms in total. The van der Waals surface area contributed by atoms with Crippen molar-refractivity contribution in [1.82, 2.24) is 4.90 Å². The maximum atomic E-state index is 3.92. The van der Waals surface area contributed by atoms with E-state index < -0.39 is 0 Å². The molecule has 0 atom stereocenters. The van der Waals surface area contributed by atoms with Crippen LogP contribution in [-0.2, 0) is 0 Å². The van der Waals surface area contributed by atoms with Crippen LogP contribution in [-0.4, -0.2) is 11.9 Å². The van der Waals surface area contributed by atoms with Crippen LogP contribution < -0.4 is 0 Å². The maximum Gasteiger partial charge on any atom is 0.0326 e. The summed E-state index contributed by atoms with van der Waals surface area (Å²) in [7, 11) is 2.02. The van der Waals surface area contributed by atoms with E-state index in [-0.39, 0.29) is 5.41 Å². The number of rotatable bonds is 3. The fraction of sp³-hybridized carbons (Fsp3) is 0.500. The molecular weight excluding hydrogens is 158 g/mol. The smallest absolute Gasteiger partial charge is 0.0326 e. The number of hydrogen-bond donors (Lipinski definition) is 0. The first kappa shape index (κ1) is 12.0. The summed E-state index contributed by atoms with van der Waals surface area (Å²) in [5, 5.41) is 0. The van der Waals surface area contributed by atoms with E-state index in [1.807, 2.05) is 14.0 Å². The van der Waals surface area contributed by atoms with Crippen LogP contribution in [0, 0.1) is 5.41 Å². The van der Waals surface area contributed by atoms with Gasteiger partial charge in [0.25, 0.3) is 0 Å². The van der Waals surface area contributed by atoms with Crippen LogP contribution in [0.5, 0.6) is 0 Å². The lowest BCUT2D eigenvalue weighted by molar-refractivity contribution is 0.364. The van der Waals surface area contributed by atoms with Crippen LogP contribution in [0.4, 0.5) is 0 Å². The molecule has 0 fully saturated rings. The normalized spacial score (nSPS) is 12.5. The van der Waals surface area contributed by atoms with E-state index in [9.17, 15) is 0 Å². The standard InChI is InChI=1S/C12H21N/c1-8-10(3)13(7)11(9-2)12(4,5)6/h8-9H,1,3H2,2,4-7H3/b11-9-. The SMILES string of the molecule is C=CC(=C)N(C)/C(=C\C)C(C)(C)C. The Morgan fingerprint density at radius 2 is 1.77 bits per heavy atom. The molecule has 0 rings (SSSR count). The third kappa shape index (κ3) is 3.10. The molecule has 0 saturated carbocycles. The molecule has 0 spiro atoms. The van der Waals surface area contributed by atoms with Gasteiger partial charge in [0, 0.05) is 23.9 Å². The zero-order valence-electron chi connectivity index (χ0n) is 9.52. The largest absolute Gasteiger partial charge is 0.348 e. The lowest BCUT2D eigenvalue weighted by atomic mass is 9.90. The van der Waals surface area contributed by atoms with Gasteiger partial charge >= 0.3 is 0 Å². The van der Waals surface area contributed by atoms with Gasteiger partial charge in [-0.15, -0.1) is 0 Å². The molecule has 0 aromatic carbocycles. The minimum absolute atomic E-state index is 0.148. The zero-order chi connectivity index (χ0) is 10.6. The van der Waals surface area contributed by atoms with Crippen molar-refractivity contribution in [2.75, 3.05) is 7.05 Å². The summed E-state index contributed by atoms with van der Waals surface area (Å²) >= 11 is 0. The maximum absolute atomic E-state index is 3.92. The van der Waals surface area contributed by atoms with Gasteiger partial charge in [-0.2, -0.15) is 0 Å². The zero-order valence-corrected chi connectivity index (χ0v) is 9.52. The third-order valence-electron chi connectivity index (χ3n) is 2.07. The molecule has 0 radical (unpaired) electrons. The van der Waals surface area contributed by atoms with Crippen molar-refractivity contribution in [3.8, 4) is 0 Å². The molecule has 0 aromatic rings. The lowest BCUT2D eigenvalue weighted by Gasteiger charge is -2.32. The number of allylic oxidation sites excluding steroid dienone is 3. The summed E-state index contributed by atoms with van der Waals surface area (Å²) in [6, 6.07) is 0. The van der Waals surface area contributed by atoms with Crippen LogP contribution in [0.3, 0.4) is 0 Å². The molecule has 0 saturated heterocycles. The second-order valence-corrected chi connectivity index (χ2v) is 4.18. The predicted molar refractivity (Wildman–Crippen MR) is 60.3 cm³/mol. The molecule has 0 aliphatic carbocycles. The highest BCUT2D eigenvalue weighted by Crippen LogP contribution is 2.29. The van der Waals surface area contributed by atoms with Gasteiger partial charge in [-0.1, -0.05) is 40.0 Å². The molecule has 0 bridgehead atoms. The summed E-state index contributed by atoms with van der Waals surface area (Å²) in [5.74, 6) is 0. The van der Waals surface area contributed by atoms with E-state index in [0.29, 0.717) is 0 Å². The Morgan fingerprint density at radius 3 is 2.00 bits per heavy atom. The monoisotopic (exact) mass is 179 g/mol. The number of hydrogen-bond acceptors (Lipinski definition) is 1. The Hall–Kier alpha value is -0.980. The van der Waals surface area contributed by atoms with Crippen LogP contribution in [0.2, 0.25) is 0 Å². The molecular formula is C12H21N. The van der Waals surface area contributed by atoms with Gasteiger partial charge in [0.1, 0.15) is 0 Å². The fourth-order valence-electron chi connectivity index (χ4n) is 1.42. The Labute approximate surface area is 82.4 Å². The van der Waals surface area contributed by atoms with Gasteiger partial charge in [-0.25, -0.2) is 0 Å². The average molecular weight is 179 g/mol. The predicted octanol–water partition coefficient (Wildman–Crippen LogP) is 3.57. The second kappa shape index (κ2) is 4.31. The van der Waals surface area contributed by atoms with Gasteiger partial charge in [0.05, 0.1) is 0 Å². The number of likely N-dealkylation sites (N-methyl/N-ethyl adjacent to an activating group) is 1. The minimum atomic E-state index is 0.148. The first-order valence-electron chi connectivity index (χ1n) is 4.56. The highest BCUT2D eigenvalue weighted by molar-refractivity contribution is 5.20. The van der Waals surface area contributed by atoms with Crippen molar-refractivity contribution < 1.29 is 0 Å². The van der Waals surface area contributed by atoms with Gasteiger partial charge < -0.3 is 4.90 Å². The Kier molecular flexibility index (Phi) is 3.99. The van der Waals surface area contributed by atoms with Crippen molar-refractivity contribution >= 4 is 0 Å². The summed E-state index contributed by atoms with van der Waals surface area (Å²) < 4.78 is 0. The summed E-state index contributed by atoms with van der Waals surface area (Å²) in [4.78, 5) is 2.08. The molecule has 0 aliphatic rings. The molecule has 13 heavy (non-hydrogen) atoms. The third-order valence-corrected chi connectivity index (χ3v) is 2.07. The van der Waals surface area contributed by atoms with E-state index >= 15 is 0 Å². The van der Waals surface area contributed by atoms with Crippen molar-refractivity contribution in [2.45, 2.75) is 27.7 Å². The van der Waals surface area contributed by atoms with Gasteiger partial charge in [-0.05, 0) is 13.0 Å². The minimum Gasteiger partial charge on any atom is -0.348 e. The van der Waals surface area contributed by atoms with Crippen LogP contribution in [0.15, 0.2) is 36.7 Å². The van der Waals surface area contributed by atoms with Crippen molar-refractivity contribution in [3.63, 3.8) is 0 Å². The summed E-state index contributed by atoms with van der Waals surface area (Å²) in [5.41, 5.74) is 2.34. The van der Waals surface area contributed by atoms with E-state index in [4.69, 9.17) is 0 Å². The molecule has 0 amide bonds. The fourth-order valence-corrected chi connectivity index (χ4v) is 1.42. The van der Waals surface area contributed by atoms with E-state index in [0.717, 1.165) is 5.70 Å². The lowest BCUT2D eigenvalue weighted by Crippen LogP contribution is -2.25. The highest BCUT2D eigenvalue weighted by atomic mass is 15.1. The first-order valence-corrected chi connectivity index (χ1v) is 4.56. The van der Waals surface area contributed by atoms with Crippen LogP contribution in [0.1, 0.15) is 27.7 Å². The quantitative estimate of drug-likeness (QED) is 0.599. The Bertz CT molecular complexity index is 228. The van der Waals surface area contributed by atoms with E-state index in [2.05, 4.69) is 44.9 Å². The Balaban J connectivity index is 4.82. The molecule has 0 N–H and O–H groups in total. The molecule has 0 aliphatic heterocycles. The van der Waals surface area contributed by atoms with Gasteiger partial charge in [0.2, 0.25) is 0 Å². The summed E-state index contributed by atoms with van der Waals surface area (Å²) in [6.07, 6.45) is 3.89. The van der Waals surface area contributed by atoms with E-state index in [1.54, 1.807) is 6.08 Å². The average Bonchev–Trinajstić information content (AvgIpc) is 2.01. The summed E-state index contributed by atoms with van der Waals surface area (Å²) in [6.45, 7) is 16.3. The van der Waals surface area contributed by atoms with Crippen molar-refractivity contribution in [3.05, 3.63) is 36.7 Å². The van der Waals surface area contributed by atoms with E-state index in [1.165, 1.54) is 5.70 Å². The van der Waals surface area contributed by atoms with Gasteiger partial charge in [-0.3, -0.25) is 0 Å². The molecule has 0 unspecified atom stereocenters.